The van der Waals surface area contributed by atoms with E-state index in [1.165, 1.54) is 16.6 Å². The second-order valence-corrected chi connectivity index (χ2v) is 7.02. The summed E-state index contributed by atoms with van der Waals surface area (Å²) in [7, 11) is 0. The number of rotatable bonds is 8. The molecule has 24 heavy (non-hydrogen) atoms. The highest BCUT2D eigenvalue weighted by molar-refractivity contribution is 7.99. The Kier molecular flexibility index (Phi) is 5.71. The number of aromatic nitrogens is 3. The molecule has 1 amide bonds. The Morgan fingerprint density at radius 1 is 1.38 bits per heavy atom. The van der Waals surface area contributed by atoms with Gasteiger partial charge in [0, 0.05) is 17.8 Å². The Labute approximate surface area is 148 Å². The minimum atomic E-state index is -0.0538. The molecular formula is C16H18N4O2S2. The van der Waals surface area contributed by atoms with Gasteiger partial charge in [-0.05, 0) is 30.5 Å². The van der Waals surface area contributed by atoms with Gasteiger partial charge in [0.2, 0.25) is 5.91 Å². The number of thiophene rings is 1. The fraction of sp³-hybridized carbons (Fsp3) is 0.312. The minimum absolute atomic E-state index is 0.0538. The summed E-state index contributed by atoms with van der Waals surface area (Å²) in [4.78, 5) is 13.2. The first-order chi connectivity index (χ1) is 11.8. The fourth-order valence-electron chi connectivity index (χ4n) is 2.22. The third-order valence-electron chi connectivity index (χ3n) is 3.39. The molecule has 0 atom stereocenters. The fourth-order valence-corrected chi connectivity index (χ4v) is 3.78. The van der Waals surface area contributed by atoms with Crippen molar-refractivity contribution in [1.29, 1.82) is 0 Å². The largest absolute Gasteiger partial charge is 0.467 e. The highest BCUT2D eigenvalue weighted by Crippen LogP contribution is 2.20. The van der Waals surface area contributed by atoms with E-state index in [1.54, 1.807) is 23.7 Å². The van der Waals surface area contributed by atoms with Crippen LogP contribution in [-0.2, 0) is 24.3 Å². The molecular weight excluding hydrogens is 344 g/mol. The highest BCUT2D eigenvalue weighted by Gasteiger charge is 2.14. The minimum Gasteiger partial charge on any atom is -0.467 e. The molecule has 3 rings (SSSR count). The Morgan fingerprint density at radius 2 is 2.29 bits per heavy atom. The van der Waals surface area contributed by atoms with E-state index in [1.807, 2.05) is 12.1 Å². The van der Waals surface area contributed by atoms with Crippen LogP contribution in [0.3, 0.4) is 0 Å². The van der Waals surface area contributed by atoms with Crippen molar-refractivity contribution in [3.63, 3.8) is 0 Å². The van der Waals surface area contributed by atoms with Gasteiger partial charge in [-0.2, -0.15) is 0 Å². The molecule has 0 aliphatic heterocycles. The van der Waals surface area contributed by atoms with Crippen molar-refractivity contribution in [3.05, 3.63) is 52.4 Å². The molecule has 0 aliphatic rings. The predicted octanol–water partition coefficient (Wildman–Crippen LogP) is 2.95. The maximum absolute atomic E-state index is 11.9. The van der Waals surface area contributed by atoms with E-state index in [2.05, 4.69) is 38.5 Å². The molecule has 0 aromatic carbocycles. The lowest BCUT2D eigenvalue weighted by Gasteiger charge is -2.07. The van der Waals surface area contributed by atoms with E-state index in [9.17, 15) is 4.79 Å². The van der Waals surface area contributed by atoms with Gasteiger partial charge in [-0.1, -0.05) is 17.8 Å². The van der Waals surface area contributed by atoms with Crippen LogP contribution in [0, 0.1) is 0 Å². The Bertz CT molecular complexity index is 766. The van der Waals surface area contributed by atoms with Crippen LogP contribution in [0.5, 0.6) is 0 Å². The van der Waals surface area contributed by atoms with E-state index in [0.29, 0.717) is 12.3 Å². The van der Waals surface area contributed by atoms with Gasteiger partial charge < -0.3 is 14.3 Å². The van der Waals surface area contributed by atoms with Crippen LogP contribution in [0.1, 0.15) is 23.4 Å². The van der Waals surface area contributed by atoms with Crippen molar-refractivity contribution in [3.8, 4) is 0 Å². The topological polar surface area (TPSA) is 73.0 Å². The number of hydrogen-bond donors (Lipinski definition) is 1. The average Bonchev–Trinajstić information content (AvgIpc) is 3.33. The third kappa shape index (κ3) is 4.27. The molecule has 0 bridgehead atoms. The summed E-state index contributed by atoms with van der Waals surface area (Å²) in [6.07, 6.45) is 2.36. The van der Waals surface area contributed by atoms with Gasteiger partial charge in [-0.3, -0.25) is 4.79 Å². The van der Waals surface area contributed by atoms with Crippen LogP contribution < -0.4 is 5.32 Å². The number of nitrogens with zero attached hydrogens (tertiary/aromatic N) is 3. The van der Waals surface area contributed by atoms with Crippen molar-refractivity contribution >= 4 is 29.0 Å². The zero-order valence-electron chi connectivity index (χ0n) is 13.3. The first kappa shape index (κ1) is 16.8. The normalized spacial score (nSPS) is 10.9. The summed E-state index contributed by atoms with van der Waals surface area (Å²) in [5.74, 6) is 1.92. The number of hydrogen-bond acceptors (Lipinski definition) is 6. The number of furan rings is 1. The van der Waals surface area contributed by atoms with E-state index < -0.39 is 0 Å². The third-order valence-corrected chi connectivity index (χ3v) is 5.24. The molecule has 0 fully saturated rings. The molecule has 0 radical (unpaired) electrons. The molecule has 0 saturated heterocycles. The molecule has 3 aromatic heterocycles. The summed E-state index contributed by atoms with van der Waals surface area (Å²) >= 11 is 3.11. The summed E-state index contributed by atoms with van der Waals surface area (Å²) in [5.41, 5.74) is 0. The number of amides is 1. The van der Waals surface area contributed by atoms with Crippen molar-refractivity contribution in [1.82, 2.24) is 20.1 Å². The molecule has 0 saturated carbocycles. The Hall–Kier alpha value is -2.06. The smallest absolute Gasteiger partial charge is 0.230 e. The standard InChI is InChI=1S/C16H18N4O2S2/c1-2-20-14(9-13-6-4-8-23-13)18-19-16(20)24-11-15(21)17-10-12-5-3-7-22-12/h3-8H,2,9-11H2,1H3,(H,17,21). The summed E-state index contributed by atoms with van der Waals surface area (Å²) in [5, 5.41) is 14.2. The first-order valence-electron chi connectivity index (χ1n) is 7.62. The van der Waals surface area contributed by atoms with Gasteiger partial charge in [0.25, 0.3) is 0 Å². The molecule has 0 spiro atoms. The molecule has 1 N–H and O–H groups in total. The second kappa shape index (κ2) is 8.16. The lowest BCUT2D eigenvalue weighted by molar-refractivity contribution is -0.118. The molecule has 0 aliphatic carbocycles. The number of carbonyl (C=O) groups excluding carboxylic acids is 1. The molecule has 3 aromatic rings. The van der Waals surface area contributed by atoms with Crippen LogP contribution in [-0.4, -0.2) is 26.4 Å². The monoisotopic (exact) mass is 362 g/mol. The SMILES string of the molecule is CCn1c(Cc2cccs2)nnc1SCC(=O)NCc1ccco1. The van der Waals surface area contributed by atoms with E-state index in [0.717, 1.165) is 29.7 Å². The molecule has 6 nitrogen and oxygen atoms in total. The maximum Gasteiger partial charge on any atom is 0.230 e. The lowest BCUT2D eigenvalue weighted by Crippen LogP contribution is -2.24. The quantitative estimate of drug-likeness (QED) is 0.624. The number of nitrogens with one attached hydrogen (secondary N) is 1. The van der Waals surface area contributed by atoms with Gasteiger partial charge in [-0.25, -0.2) is 0 Å². The van der Waals surface area contributed by atoms with Crippen LogP contribution in [0.25, 0.3) is 0 Å². The zero-order valence-corrected chi connectivity index (χ0v) is 14.9. The summed E-state index contributed by atoms with van der Waals surface area (Å²) in [6.45, 7) is 3.24. The molecule has 3 heterocycles. The second-order valence-electron chi connectivity index (χ2n) is 5.04. The highest BCUT2D eigenvalue weighted by atomic mass is 32.2. The van der Waals surface area contributed by atoms with Crippen LogP contribution in [0.4, 0.5) is 0 Å². The van der Waals surface area contributed by atoms with Gasteiger partial charge in [0.1, 0.15) is 11.6 Å². The van der Waals surface area contributed by atoms with E-state index in [4.69, 9.17) is 4.42 Å². The van der Waals surface area contributed by atoms with Gasteiger partial charge >= 0.3 is 0 Å². The Balaban J connectivity index is 1.54. The predicted molar refractivity (Wildman–Crippen MR) is 94.1 cm³/mol. The van der Waals surface area contributed by atoms with Gasteiger partial charge in [-0.15, -0.1) is 21.5 Å². The van der Waals surface area contributed by atoms with Crippen LogP contribution in [0.2, 0.25) is 0 Å². The van der Waals surface area contributed by atoms with E-state index in [-0.39, 0.29) is 5.91 Å². The van der Waals surface area contributed by atoms with Crippen LogP contribution in [0.15, 0.2) is 45.5 Å². The number of thioether (sulfide) groups is 1. The van der Waals surface area contributed by atoms with Crippen molar-refractivity contribution in [2.45, 2.75) is 31.6 Å². The first-order valence-corrected chi connectivity index (χ1v) is 9.49. The van der Waals surface area contributed by atoms with Gasteiger partial charge in [0.15, 0.2) is 5.16 Å². The summed E-state index contributed by atoms with van der Waals surface area (Å²) < 4.78 is 7.25. The molecule has 8 heteroatoms. The van der Waals surface area contributed by atoms with Crippen molar-refractivity contribution < 1.29 is 9.21 Å². The number of carbonyl (C=O) groups is 1. The van der Waals surface area contributed by atoms with E-state index >= 15 is 0 Å². The van der Waals surface area contributed by atoms with Crippen LogP contribution >= 0.6 is 23.1 Å². The molecule has 0 unspecified atom stereocenters. The average molecular weight is 362 g/mol. The van der Waals surface area contributed by atoms with Crippen molar-refractivity contribution in [2.75, 3.05) is 5.75 Å². The molecule has 126 valence electrons. The zero-order chi connectivity index (χ0) is 16.8. The summed E-state index contributed by atoms with van der Waals surface area (Å²) in [6, 6.07) is 7.76. The van der Waals surface area contributed by atoms with Gasteiger partial charge in [0.05, 0.1) is 18.6 Å². The Morgan fingerprint density at radius 3 is 3.00 bits per heavy atom. The van der Waals surface area contributed by atoms with Crippen molar-refractivity contribution in [2.24, 2.45) is 0 Å². The maximum atomic E-state index is 11.9. The lowest BCUT2D eigenvalue weighted by atomic mass is 10.3.